The average molecular weight is 392 g/mol. The number of aromatic nitrogens is 1. The van der Waals surface area contributed by atoms with Crippen molar-refractivity contribution < 1.29 is 32.5 Å². The quantitative estimate of drug-likeness (QED) is 0.736. The minimum atomic E-state index is -4.55. The normalized spacial score (nSPS) is 11.8. The Balaban J connectivity index is 0.00000163. The number of nitrogens with zero attached hydrogens (tertiary/aromatic N) is 1. The third-order valence-electron chi connectivity index (χ3n) is 2.83. The first-order valence-electron chi connectivity index (χ1n) is 7.57. The van der Waals surface area contributed by atoms with Gasteiger partial charge in [0.1, 0.15) is 16.5 Å². The highest BCUT2D eigenvalue weighted by atomic mass is 35.5. The molecule has 1 aromatic carbocycles. The Morgan fingerprint density at radius 3 is 2.19 bits per heavy atom. The summed E-state index contributed by atoms with van der Waals surface area (Å²) in [5.74, 6) is -0.753. The summed E-state index contributed by atoms with van der Waals surface area (Å²) in [6, 6.07) is 6.51. The van der Waals surface area contributed by atoms with Crippen LogP contribution in [0.5, 0.6) is 17.4 Å². The van der Waals surface area contributed by atoms with Crippen LogP contribution in [0.1, 0.15) is 26.3 Å². The lowest BCUT2D eigenvalue weighted by molar-refractivity contribution is -0.144. The van der Waals surface area contributed by atoms with Crippen LogP contribution in [0.4, 0.5) is 13.2 Å². The number of carboxylic acids is 1. The van der Waals surface area contributed by atoms with Crippen molar-refractivity contribution in [1.82, 2.24) is 4.98 Å². The number of carboxylic acid groups (broad SMARTS) is 1. The van der Waals surface area contributed by atoms with Gasteiger partial charge in [0.25, 0.3) is 0 Å². The van der Waals surface area contributed by atoms with Gasteiger partial charge in [-0.25, -0.2) is 9.78 Å². The van der Waals surface area contributed by atoms with Crippen LogP contribution in [0.15, 0.2) is 36.5 Å². The van der Waals surface area contributed by atoms with Gasteiger partial charge in [-0.2, -0.15) is 13.2 Å². The van der Waals surface area contributed by atoms with E-state index in [2.05, 4.69) is 4.98 Å². The number of hydrogen-bond acceptors (Lipinski definition) is 4. The maximum absolute atomic E-state index is 12.5. The number of halogens is 4. The van der Waals surface area contributed by atoms with Crippen LogP contribution in [0, 0.1) is 0 Å². The van der Waals surface area contributed by atoms with Gasteiger partial charge in [-0.05, 0) is 37.3 Å². The minimum absolute atomic E-state index is 0.183. The largest absolute Gasteiger partial charge is 0.479 e. The first-order valence-corrected chi connectivity index (χ1v) is 7.94. The molecule has 1 atom stereocenters. The molecular formula is C17H17ClF3NO4. The molecule has 1 unspecified atom stereocenters. The molecule has 1 aromatic heterocycles. The smallest absolute Gasteiger partial charge is 0.417 e. The van der Waals surface area contributed by atoms with Crippen molar-refractivity contribution in [3.8, 4) is 17.4 Å². The summed E-state index contributed by atoms with van der Waals surface area (Å²) in [5, 5.41) is 8.46. The molecule has 9 heteroatoms. The Labute approximate surface area is 153 Å². The van der Waals surface area contributed by atoms with Crippen LogP contribution < -0.4 is 9.47 Å². The van der Waals surface area contributed by atoms with Gasteiger partial charge in [0.05, 0.1) is 5.56 Å². The molecule has 26 heavy (non-hydrogen) atoms. The van der Waals surface area contributed by atoms with Crippen molar-refractivity contribution in [2.75, 3.05) is 0 Å². The number of alkyl halides is 3. The fourth-order valence-corrected chi connectivity index (χ4v) is 1.81. The number of aliphatic carboxylic acids is 1. The zero-order valence-electron chi connectivity index (χ0n) is 14.2. The fourth-order valence-electron chi connectivity index (χ4n) is 1.61. The highest BCUT2D eigenvalue weighted by Gasteiger charge is 2.31. The van der Waals surface area contributed by atoms with Gasteiger partial charge in [0.2, 0.25) is 5.88 Å². The lowest BCUT2D eigenvalue weighted by atomic mass is 10.3. The molecule has 0 spiro atoms. The summed E-state index contributed by atoms with van der Waals surface area (Å²) in [4.78, 5) is 14.2. The van der Waals surface area contributed by atoms with E-state index in [-0.39, 0.29) is 16.7 Å². The van der Waals surface area contributed by atoms with Crippen molar-refractivity contribution in [3.63, 3.8) is 0 Å². The Bertz CT molecular complexity index is 736. The van der Waals surface area contributed by atoms with Crippen LogP contribution in [-0.2, 0) is 11.0 Å². The Morgan fingerprint density at radius 1 is 1.19 bits per heavy atom. The minimum Gasteiger partial charge on any atom is -0.479 e. The molecule has 0 radical (unpaired) electrons. The second-order valence-corrected chi connectivity index (χ2v) is 5.09. The Kier molecular flexibility index (Phi) is 7.70. The highest BCUT2D eigenvalue weighted by Crippen LogP contribution is 2.34. The van der Waals surface area contributed by atoms with Crippen LogP contribution in [0.2, 0.25) is 5.02 Å². The zero-order valence-corrected chi connectivity index (χ0v) is 14.9. The van der Waals surface area contributed by atoms with Gasteiger partial charge < -0.3 is 14.6 Å². The van der Waals surface area contributed by atoms with Crippen molar-refractivity contribution in [3.05, 3.63) is 47.1 Å². The topological polar surface area (TPSA) is 68.7 Å². The third-order valence-corrected chi connectivity index (χ3v) is 3.10. The molecule has 0 saturated heterocycles. The van der Waals surface area contributed by atoms with Gasteiger partial charge in [0.15, 0.2) is 6.10 Å². The maximum Gasteiger partial charge on any atom is 0.417 e. The molecule has 2 rings (SSSR count). The summed E-state index contributed by atoms with van der Waals surface area (Å²) >= 11 is 5.74. The molecule has 0 aliphatic carbocycles. The molecule has 5 nitrogen and oxygen atoms in total. The molecule has 0 aliphatic heterocycles. The number of rotatable bonds is 5. The summed E-state index contributed by atoms with van der Waals surface area (Å²) < 4.78 is 48.0. The molecular weight excluding hydrogens is 375 g/mol. The van der Waals surface area contributed by atoms with E-state index in [1.54, 1.807) is 0 Å². The standard InChI is InChI=1S/C15H11ClF3NO4.C2H6/c1-8(14(21)22)23-10-2-4-11(5-3-10)24-13-12(16)6-9(7-20-13)15(17,18)19;1-2/h2-8H,1H3,(H,21,22);1-2H3. The van der Waals surface area contributed by atoms with Gasteiger partial charge in [-0.1, -0.05) is 25.4 Å². The number of carbonyl (C=O) groups is 1. The molecule has 0 bridgehead atoms. The van der Waals surface area contributed by atoms with Crippen molar-refractivity contribution in [1.29, 1.82) is 0 Å². The predicted octanol–water partition coefficient (Wildman–Crippen LogP) is 5.42. The fraction of sp³-hybridized carbons (Fsp3) is 0.294. The van der Waals surface area contributed by atoms with Crippen molar-refractivity contribution in [2.24, 2.45) is 0 Å². The molecule has 1 N–H and O–H groups in total. The van der Waals surface area contributed by atoms with Gasteiger partial charge >= 0.3 is 12.1 Å². The number of pyridine rings is 1. The van der Waals surface area contributed by atoms with Crippen molar-refractivity contribution >= 4 is 17.6 Å². The average Bonchev–Trinajstić information content (AvgIpc) is 2.59. The van der Waals surface area contributed by atoms with E-state index in [9.17, 15) is 18.0 Å². The Morgan fingerprint density at radius 2 is 1.73 bits per heavy atom. The van der Waals surface area contributed by atoms with Crippen LogP contribution in [0.25, 0.3) is 0 Å². The van der Waals surface area contributed by atoms with Crippen LogP contribution in [0.3, 0.4) is 0 Å². The second-order valence-electron chi connectivity index (χ2n) is 4.68. The van der Waals surface area contributed by atoms with E-state index in [1.165, 1.54) is 31.2 Å². The van der Waals surface area contributed by atoms with Crippen LogP contribution >= 0.6 is 11.6 Å². The van der Waals surface area contributed by atoms with Crippen molar-refractivity contribution in [2.45, 2.75) is 33.1 Å². The third kappa shape index (κ3) is 6.11. The highest BCUT2D eigenvalue weighted by molar-refractivity contribution is 6.31. The molecule has 0 fully saturated rings. The Hall–Kier alpha value is -2.48. The van der Waals surface area contributed by atoms with E-state index >= 15 is 0 Å². The maximum atomic E-state index is 12.5. The van der Waals surface area contributed by atoms with Gasteiger partial charge in [-0.15, -0.1) is 0 Å². The summed E-state index contributed by atoms with van der Waals surface area (Å²) in [7, 11) is 0. The van der Waals surface area contributed by atoms with E-state index in [4.69, 9.17) is 26.2 Å². The van der Waals surface area contributed by atoms with Gasteiger partial charge in [-0.3, -0.25) is 0 Å². The molecule has 2 aromatic rings. The van der Waals surface area contributed by atoms with Gasteiger partial charge in [0, 0.05) is 6.20 Å². The molecule has 142 valence electrons. The zero-order chi connectivity index (χ0) is 19.9. The number of hydrogen-bond donors (Lipinski definition) is 1. The monoisotopic (exact) mass is 391 g/mol. The lowest BCUT2D eigenvalue weighted by Gasteiger charge is -2.12. The first-order chi connectivity index (χ1) is 12.2. The lowest BCUT2D eigenvalue weighted by Crippen LogP contribution is -2.22. The molecule has 1 heterocycles. The summed E-state index contributed by atoms with van der Waals surface area (Å²) in [6.45, 7) is 5.37. The number of benzene rings is 1. The molecule has 0 saturated carbocycles. The SMILES string of the molecule is CC.CC(Oc1ccc(Oc2ncc(C(F)(F)F)cc2Cl)cc1)C(=O)O. The predicted molar refractivity (Wildman–Crippen MR) is 89.8 cm³/mol. The number of ether oxygens (including phenoxy) is 2. The molecule has 0 amide bonds. The van der Waals surface area contributed by atoms with E-state index < -0.39 is 23.8 Å². The van der Waals surface area contributed by atoms with E-state index in [1.807, 2.05) is 13.8 Å². The van der Waals surface area contributed by atoms with E-state index in [0.717, 1.165) is 6.07 Å². The summed E-state index contributed by atoms with van der Waals surface area (Å²) in [6.07, 6.45) is -4.95. The van der Waals surface area contributed by atoms with Crippen LogP contribution in [-0.4, -0.2) is 22.2 Å². The first kappa shape index (κ1) is 21.6. The van der Waals surface area contributed by atoms with E-state index in [0.29, 0.717) is 11.9 Å². The second kappa shape index (κ2) is 9.28. The summed E-state index contributed by atoms with van der Waals surface area (Å²) in [5.41, 5.74) is -0.980. The molecule has 0 aliphatic rings.